The van der Waals surface area contributed by atoms with Crippen LogP contribution in [0.5, 0.6) is 0 Å². The molecule has 0 radical (unpaired) electrons. The number of aliphatic hydroxyl groups excluding tert-OH is 2. The van der Waals surface area contributed by atoms with E-state index >= 15 is 0 Å². The molecule has 0 aliphatic rings. The van der Waals surface area contributed by atoms with Gasteiger partial charge in [-0.2, -0.15) is 0 Å². The maximum absolute atomic E-state index is 7.62. The molecule has 0 rings (SSSR count). The van der Waals surface area contributed by atoms with Crippen LogP contribution < -0.4 is 0 Å². The van der Waals surface area contributed by atoms with Crippen molar-refractivity contribution in [1.82, 2.24) is 0 Å². The van der Waals surface area contributed by atoms with E-state index in [2.05, 4.69) is 6.58 Å². The predicted octanol–water partition coefficient (Wildman–Crippen LogP) is 0.178. The van der Waals surface area contributed by atoms with Crippen molar-refractivity contribution >= 4 is 0 Å². The zero-order valence-electron chi connectivity index (χ0n) is 6.58. The molecule has 0 aliphatic carbocycles. The second-order valence-electron chi connectivity index (χ2n) is 1.62. The zero-order valence-corrected chi connectivity index (χ0v) is 6.58. The molecule has 0 aromatic carbocycles. The lowest BCUT2D eigenvalue weighted by atomic mass is 10.4. The summed E-state index contributed by atoms with van der Waals surface area (Å²) in [6.07, 6.45) is 1.95. The highest BCUT2D eigenvalue weighted by atomic mass is 16.5. The van der Waals surface area contributed by atoms with Gasteiger partial charge in [-0.05, 0) is 6.92 Å². The third-order valence-electron chi connectivity index (χ3n) is 0.804. The van der Waals surface area contributed by atoms with Crippen LogP contribution in [0.2, 0.25) is 0 Å². The molecule has 0 saturated heterocycles. The highest BCUT2D eigenvalue weighted by Gasteiger charge is 1.83. The molecular formula is C7H16O3. The molecule has 0 saturated carbocycles. The van der Waals surface area contributed by atoms with Crippen molar-refractivity contribution in [2.24, 2.45) is 0 Å². The smallest absolute Gasteiger partial charge is 0.0721 e. The molecule has 1 atom stereocenters. The van der Waals surface area contributed by atoms with E-state index in [1.807, 2.05) is 6.92 Å². The minimum Gasteiger partial charge on any atom is -0.394 e. The first-order valence-electron chi connectivity index (χ1n) is 3.10. The summed E-state index contributed by atoms with van der Waals surface area (Å²) < 4.78 is 4.78. The first-order chi connectivity index (χ1) is 4.72. The summed E-state index contributed by atoms with van der Waals surface area (Å²) in [5.41, 5.74) is 0. The highest BCUT2D eigenvalue weighted by molar-refractivity contribution is 4.73. The van der Waals surface area contributed by atoms with Gasteiger partial charge in [-0.1, -0.05) is 6.08 Å². The monoisotopic (exact) mass is 148 g/mol. The van der Waals surface area contributed by atoms with E-state index in [9.17, 15) is 0 Å². The fourth-order valence-corrected chi connectivity index (χ4v) is 0.0962. The minimum atomic E-state index is -0.125. The Kier molecular flexibility index (Phi) is 14.1. The normalized spacial score (nSPS) is 11.2. The minimum absolute atomic E-state index is 0.125. The van der Waals surface area contributed by atoms with Crippen LogP contribution in [0.25, 0.3) is 0 Å². The lowest BCUT2D eigenvalue weighted by molar-refractivity contribution is 0.156. The summed E-state index contributed by atoms with van der Waals surface area (Å²) in [6, 6.07) is 0. The van der Waals surface area contributed by atoms with E-state index < -0.39 is 0 Å². The molecule has 0 aromatic rings. The van der Waals surface area contributed by atoms with E-state index in [0.717, 1.165) is 0 Å². The first-order valence-corrected chi connectivity index (χ1v) is 3.10. The predicted molar refractivity (Wildman–Crippen MR) is 40.8 cm³/mol. The van der Waals surface area contributed by atoms with Gasteiger partial charge in [0, 0.05) is 7.11 Å². The zero-order chi connectivity index (χ0) is 8.41. The summed E-state index contributed by atoms with van der Waals surface area (Å²) >= 11 is 0. The van der Waals surface area contributed by atoms with Gasteiger partial charge in [0.05, 0.1) is 19.3 Å². The van der Waals surface area contributed by atoms with Gasteiger partial charge >= 0.3 is 0 Å². The van der Waals surface area contributed by atoms with Crippen LogP contribution in [-0.4, -0.2) is 36.6 Å². The summed E-state index contributed by atoms with van der Waals surface area (Å²) in [5, 5.41) is 15.2. The Bertz CT molecular complexity index is 61.9. The van der Waals surface area contributed by atoms with Crippen molar-refractivity contribution in [2.75, 3.05) is 20.3 Å². The molecule has 2 N–H and O–H groups in total. The number of aliphatic hydroxyl groups is 2. The number of methoxy groups -OCH3 is 1. The summed E-state index contributed by atoms with van der Waals surface area (Å²) in [4.78, 5) is 0. The fourth-order valence-electron chi connectivity index (χ4n) is 0.0962. The van der Waals surface area contributed by atoms with Gasteiger partial charge in [0.2, 0.25) is 0 Å². The van der Waals surface area contributed by atoms with Crippen LogP contribution in [0.1, 0.15) is 6.92 Å². The SMILES string of the molecule is C=CC(C)OC.OCCO. The van der Waals surface area contributed by atoms with Crippen molar-refractivity contribution in [1.29, 1.82) is 0 Å². The largest absolute Gasteiger partial charge is 0.394 e. The fraction of sp³-hybridized carbons (Fsp3) is 0.714. The van der Waals surface area contributed by atoms with E-state index in [-0.39, 0.29) is 19.3 Å². The maximum Gasteiger partial charge on any atom is 0.0721 e. The molecule has 0 bridgehead atoms. The summed E-state index contributed by atoms with van der Waals surface area (Å²) in [7, 11) is 1.66. The Morgan fingerprint density at radius 2 is 1.90 bits per heavy atom. The Hall–Kier alpha value is -0.380. The van der Waals surface area contributed by atoms with Crippen LogP contribution in [0.4, 0.5) is 0 Å². The molecule has 0 amide bonds. The van der Waals surface area contributed by atoms with Crippen LogP contribution in [0.3, 0.4) is 0 Å². The second-order valence-corrected chi connectivity index (χ2v) is 1.62. The topological polar surface area (TPSA) is 49.7 Å². The molecule has 3 heteroatoms. The molecule has 0 fully saturated rings. The Balaban J connectivity index is 0. The van der Waals surface area contributed by atoms with Gasteiger partial charge < -0.3 is 14.9 Å². The van der Waals surface area contributed by atoms with Gasteiger partial charge in [-0.15, -0.1) is 6.58 Å². The van der Waals surface area contributed by atoms with Crippen molar-refractivity contribution in [2.45, 2.75) is 13.0 Å². The van der Waals surface area contributed by atoms with Crippen LogP contribution in [0, 0.1) is 0 Å². The molecule has 62 valence electrons. The van der Waals surface area contributed by atoms with E-state index in [1.165, 1.54) is 0 Å². The lowest BCUT2D eigenvalue weighted by Crippen LogP contribution is -1.96. The van der Waals surface area contributed by atoms with Crippen molar-refractivity contribution in [3.63, 3.8) is 0 Å². The maximum atomic E-state index is 7.62. The molecule has 3 nitrogen and oxygen atoms in total. The van der Waals surface area contributed by atoms with E-state index in [1.54, 1.807) is 13.2 Å². The average molecular weight is 148 g/mol. The van der Waals surface area contributed by atoms with Gasteiger partial charge in [0.25, 0.3) is 0 Å². The van der Waals surface area contributed by atoms with Gasteiger partial charge in [-0.25, -0.2) is 0 Å². The van der Waals surface area contributed by atoms with Crippen LogP contribution in [0.15, 0.2) is 12.7 Å². The standard InChI is InChI=1S/C5H10O.C2H6O2/c1-4-5(2)6-3;3-1-2-4/h4-5H,1H2,2-3H3;3-4H,1-2H2. The van der Waals surface area contributed by atoms with Crippen molar-refractivity contribution in [3.05, 3.63) is 12.7 Å². The highest BCUT2D eigenvalue weighted by Crippen LogP contribution is 1.83. The molecule has 0 heterocycles. The van der Waals surface area contributed by atoms with Gasteiger partial charge in [0.15, 0.2) is 0 Å². The first kappa shape index (κ1) is 12.3. The quantitative estimate of drug-likeness (QED) is 0.561. The molecule has 0 spiro atoms. The second kappa shape index (κ2) is 11.4. The average Bonchev–Trinajstić information content (AvgIpc) is 2.03. The number of hydrogen-bond acceptors (Lipinski definition) is 3. The molecule has 1 unspecified atom stereocenters. The van der Waals surface area contributed by atoms with Gasteiger partial charge in [0.1, 0.15) is 0 Å². The van der Waals surface area contributed by atoms with Crippen molar-refractivity contribution in [3.8, 4) is 0 Å². The molecule has 10 heavy (non-hydrogen) atoms. The van der Waals surface area contributed by atoms with Crippen molar-refractivity contribution < 1.29 is 14.9 Å². The number of ether oxygens (including phenoxy) is 1. The molecular weight excluding hydrogens is 132 g/mol. The van der Waals surface area contributed by atoms with E-state index in [0.29, 0.717) is 0 Å². The van der Waals surface area contributed by atoms with E-state index in [4.69, 9.17) is 14.9 Å². The number of hydrogen-bond donors (Lipinski definition) is 2. The molecule has 0 aromatic heterocycles. The molecule has 0 aliphatic heterocycles. The lowest BCUT2D eigenvalue weighted by Gasteiger charge is -1.97. The van der Waals surface area contributed by atoms with Crippen LogP contribution >= 0.6 is 0 Å². The van der Waals surface area contributed by atoms with Crippen LogP contribution in [-0.2, 0) is 4.74 Å². The third kappa shape index (κ3) is 15.6. The summed E-state index contributed by atoms with van der Waals surface area (Å²) in [5.74, 6) is 0. The number of rotatable bonds is 3. The third-order valence-corrected chi connectivity index (χ3v) is 0.804. The Morgan fingerprint density at radius 1 is 1.50 bits per heavy atom. The van der Waals surface area contributed by atoms with Gasteiger partial charge in [-0.3, -0.25) is 0 Å². The Morgan fingerprint density at radius 3 is 1.90 bits per heavy atom. The summed E-state index contributed by atoms with van der Waals surface area (Å²) in [6.45, 7) is 5.19. The Labute approximate surface area is 61.9 Å².